The number of rotatable bonds is 7. The Morgan fingerprint density at radius 1 is 0.850 bits per heavy atom. The van der Waals surface area contributed by atoms with E-state index in [0.717, 1.165) is 28.5 Å². The lowest BCUT2D eigenvalue weighted by atomic mass is 10.0. The molecule has 200 valence electrons. The number of halogens is 2. The number of furan rings is 1. The van der Waals surface area contributed by atoms with Crippen molar-refractivity contribution in [3.63, 3.8) is 0 Å². The number of thiocarbonyl (C=S) groups is 1. The van der Waals surface area contributed by atoms with Crippen LogP contribution in [0.1, 0.15) is 23.5 Å². The minimum atomic E-state index is -0.299. The summed E-state index contributed by atoms with van der Waals surface area (Å²) in [5.41, 5.74) is 2.56. The third-order valence-electron chi connectivity index (χ3n) is 6.63. The molecule has 0 radical (unpaired) electrons. The fourth-order valence-corrected chi connectivity index (χ4v) is 5.34. The van der Waals surface area contributed by atoms with Crippen LogP contribution in [-0.2, 0) is 0 Å². The summed E-state index contributed by atoms with van der Waals surface area (Å²) in [5, 5.41) is 4.97. The second kappa shape index (κ2) is 11.2. The molecule has 1 aliphatic heterocycles. The van der Waals surface area contributed by atoms with Crippen LogP contribution < -0.4 is 19.7 Å². The van der Waals surface area contributed by atoms with Crippen molar-refractivity contribution in [2.75, 3.05) is 12.0 Å². The molecule has 1 fully saturated rings. The van der Waals surface area contributed by atoms with E-state index in [-0.39, 0.29) is 12.1 Å². The molecule has 1 N–H and O–H groups in total. The number of benzene rings is 3. The molecule has 5 aromatic rings. The van der Waals surface area contributed by atoms with Crippen LogP contribution in [0.2, 0.25) is 10.0 Å². The van der Waals surface area contributed by atoms with Crippen molar-refractivity contribution in [1.29, 1.82) is 0 Å². The molecule has 0 saturated carbocycles. The van der Waals surface area contributed by atoms with E-state index in [4.69, 9.17) is 49.3 Å². The van der Waals surface area contributed by atoms with Gasteiger partial charge < -0.3 is 24.1 Å². The molecule has 2 aromatic heterocycles. The first-order valence-corrected chi connectivity index (χ1v) is 13.6. The summed E-state index contributed by atoms with van der Waals surface area (Å²) in [6, 6.07) is 29.8. The van der Waals surface area contributed by atoms with Gasteiger partial charge in [0.05, 0.1) is 28.9 Å². The molecular weight excluding hydrogens is 565 g/mol. The maximum absolute atomic E-state index is 6.42. The van der Waals surface area contributed by atoms with Gasteiger partial charge >= 0.3 is 0 Å². The third kappa shape index (κ3) is 5.23. The second-order valence-corrected chi connectivity index (χ2v) is 10.3. The van der Waals surface area contributed by atoms with Crippen molar-refractivity contribution in [1.82, 2.24) is 10.3 Å². The first-order chi connectivity index (χ1) is 19.5. The van der Waals surface area contributed by atoms with E-state index in [0.29, 0.717) is 32.4 Å². The van der Waals surface area contributed by atoms with E-state index in [1.165, 1.54) is 0 Å². The quantitative estimate of drug-likeness (QED) is 0.191. The summed E-state index contributed by atoms with van der Waals surface area (Å²) >= 11 is 18.2. The van der Waals surface area contributed by atoms with Crippen LogP contribution in [0, 0.1) is 0 Å². The minimum absolute atomic E-state index is 0.239. The molecule has 0 aliphatic carbocycles. The van der Waals surface area contributed by atoms with Gasteiger partial charge in [0.1, 0.15) is 34.8 Å². The molecule has 2 atom stereocenters. The molecule has 1 aliphatic rings. The van der Waals surface area contributed by atoms with E-state index >= 15 is 0 Å². The molecule has 9 heteroatoms. The Morgan fingerprint density at radius 3 is 2.25 bits per heavy atom. The monoisotopic (exact) mass is 587 g/mol. The molecule has 6 rings (SSSR count). The van der Waals surface area contributed by atoms with Crippen LogP contribution in [-0.4, -0.2) is 17.2 Å². The Labute approximate surface area is 247 Å². The molecule has 0 amide bonds. The van der Waals surface area contributed by atoms with Crippen molar-refractivity contribution in [3.8, 4) is 28.6 Å². The minimum Gasteiger partial charge on any atom is -0.497 e. The number of ether oxygens (including phenoxy) is 2. The van der Waals surface area contributed by atoms with Crippen molar-refractivity contribution in [2.45, 2.75) is 12.1 Å². The second-order valence-electron chi connectivity index (χ2n) is 9.10. The average Bonchev–Trinajstić information content (AvgIpc) is 3.60. The summed E-state index contributed by atoms with van der Waals surface area (Å²) < 4.78 is 17.7. The van der Waals surface area contributed by atoms with Gasteiger partial charge in [-0.05, 0) is 103 Å². The van der Waals surface area contributed by atoms with Gasteiger partial charge in [0.25, 0.3) is 0 Å². The van der Waals surface area contributed by atoms with E-state index < -0.39 is 0 Å². The predicted octanol–water partition coefficient (Wildman–Crippen LogP) is 8.63. The highest BCUT2D eigenvalue weighted by molar-refractivity contribution is 7.80. The van der Waals surface area contributed by atoms with Crippen molar-refractivity contribution in [2.24, 2.45) is 0 Å². The van der Waals surface area contributed by atoms with Gasteiger partial charge in [-0.15, -0.1) is 0 Å². The predicted molar refractivity (Wildman–Crippen MR) is 162 cm³/mol. The Bertz CT molecular complexity index is 1640. The summed E-state index contributed by atoms with van der Waals surface area (Å²) in [5.74, 6) is 3.58. The molecule has 0 spiro atoms. The van der Waals surface area contributed by atoms with E-state index in [9.17, 15) is 0 Å². The topological polar surface area (TPSA) is 59.8 Å². The van der Waals surface area contributed by atoms with Gasteiger partial charge in [-0.1, -0.05) is 29.3 Å². The number of hydrogen-bond donors (Lipinski definition) is 1. The largest absolute Gasteiger partial charge is 0.497 e. The number of nitrogens with zero attached hydrogens (tertiary/aromatic N) is 2. The van der Waals surface area contributed by atoms with Crippen LogP contribution in [0.5, 0.6) is 17.2 Å². The highest BCUT2D eigenvalue weighted by atomic mass is 35.5. The van der Waals surface area contributed by atoms with Gasteiger partial charge in [0, 0.05) is 17.4 Å². The van der Waals surface area contributed by atoms with Gasteiger partial charge in [-0.25, -0.2) is 0 Å². The summed E-state index contributed by atoms with van der Waals surface area (Å²) in [7, 11) is 1.63. The standard InChI is InChI=1S/C31H23Cl2N3O3S/c1-37-21-10-12-23(13-11-21)38-22-8-6-20(7-9-22)36-30(29(35-31(36)40)26-4-2-3-17-34-26)28-16-15-27(39-28)19-5-14-24(32)25(33)18-19/h2-18,29-30H,1H3,(H,35,40)/t29-,30+/m1/s1. The molecule has 40 heavy (non-hydrogen) atoms. The zero-order valence-corrected chi connectivity index (χ0v) is 23.6. The number of pyridine rings is 1. The maximum atomic E-state index is 6.42. The zero-order chi connectivity index (χ0) is 27.6. The summed E-state index contributed by atoms with van der Waals surface area (Å²) in [6.07, 6.45) is 1.77. The first kappa shape index (κ1) is 26.2. The Morgan fingerprint density at radius 2 is 1.57 bits per heavy atom. The first-order valence-electron chi connectivity index (χ1n) is 12.5. The SMILES string of the molecule is COc1ccc(Oc2ccc(N3C(=S)N[C@H](c4ccccn4)[C@@H]3c3ccc(-c4ccc(Cl)c(Cl)c4)o3)cc2)cc1. The lowest BCUT2D eigenvalue weighted by Gasteiger charge is -2.26. The summed E-state index contributed by atoms with van der Waals surface area (Å²) in [4.78, 5) is 6.65. The number of hydrogen-bond acceptors (Lipinski definition) is 5. The molecule has 3 aromatic carbocycles. The fraction of sp³-hybridized carbons (Fsp3) is 0.0968. The highest BCUT2D eigenvalue weighted by Gasteiger charge is 2.42. The fourth-order valence-electron chi connectivity index (χ4n) is 4.69. The molecule has 3 heterocycles. The molecule has 1 saturated heterocycles. The van der Waals surface area contributed by atoms with Crippen molar-refractivity contribution >= 4 is 46.2 Å². The Kier molecular flexibility index (Phi) is 7.34. The lowest BCUT2D eigenvalue weighted by Crippen LogP contribution is -2.29. The molecular formula is C31H23Cl2N3O3S. The van der Waals surface area contributed by atoms with Gasteiger partial charge in [-0.2, -0.15) is 0 Å². The number of aromatic nitrogens is 1. The summed E-state index contributed by atoms with van der Waals surface area (Å²) in [6.45, 7) is 0. The Balaban J connectivity index is 1.33. The Hall–Kier alpha value is -4.04. The molecule has 0 unspecified atom stereocenters. The van der Waals surface area contributed by atoms with Crippen LogP contribution in [0.4, 0.5) is 5.69 Å². The van der Waals surface area contributed by atoms with Crippen LogP contribution in [0.3, 0.4) is 0 Å². The smallest absolute Gasteiger partial charge is 0.174 e. The lowest BCUT2D eigenvalue weighted by molar-refractivity contribution is 0.413. The highest BCUT2D eigenvalue weighted by Crippen LogP contribution is 2.43. The van der Waals surface area contributed by atoms with E-state index in [1.807, 2.05) is 89.8 Å². The normalized spacial score (nSPS) is 16.6. The van der Waals surface area contributed by atoms with Gasteiger partial charge in [-0.3, -0.25) is 4.98 Å². The van der Waals surface area contributed by atoms with Crippen molar-refractivity contribution in [3.05, 3.63) is 125 Å². The number of nitrogens with one attached hydrogen (secondary N) is 1. The number of anilines is 1. The van der Waals surface area contributed by atoms with E-state index in [1.54, 1.807) is 25.4 Å². The van der Waals surface area contributed by atoms with Crippen LogP contribution in [0.15, 0.2) is 108 Å². The van der Waals surface area contributed by atoms with Gasteiger partial charge in [0.2, 0.25) is 0 Å². The molecule has 6 nitrogen and oxygen atoms in total. The van der Waals surface area contributed by atoms with Crippen LogP contribution in [0.25, 0.3) is 11.3 Å². The van der Waals surface area contributed by atoms with Gasteiger partial charge in [0.15, 0.2) is 5.11 Å². The molecule has 0 bridgehead atoms. The van der Waals surface area contributed by atoms with Crippen LogP contribution >= 0.6 is 35.4 Å². The maximum Gasteiger partial charge on any atom is 0.174 e. The number of methoxy groups -OCH3 is 1. The van der Waals surface area contributed by atoms with Crippen molar-refractivity contribution < 1.29 is 13.9 Å². The van der Waals surface area contributed by atoms with E-state index in [2.05, 4.69) is 10.3 Å². The average molecular weight is 589 g/mol. The zero-order valence-electron chi connectivity index (χ0n) is 21.3. The third-order valence-corrected chi connectivity index (χ3v) is 7.68.